The van der Waals surface area contributed by atoms with E-state index in [1.54, 1.807) is 6.07 Å². The van der Waals surface area contributed by atoms with Crippen LogP contribution < -0.4 is 0 Å². The standard InChI is InChI=1S/C26H33Cl2N5O/c1-3-4-25(34)31-10-9-17(2)32(12-11-31)16-23-26(20-8-7-19(27)13-21(20)28)30-24-14-29-22(15-33(23)24)18-5-6-18/h7-8,13-15,17-18,25,34H,3-6,9-12,16H2,1-2H3. The number of nitrogens with zero attached hydrogens (tertiary/aromatic N) is 5. The van der Waals surface area contributed by atoms with E-state index in [9.17, 15) is 5.11 Å². The number of rotatable bonds is 7. The molecule has 6 nitrogen and oxygen atoms in total. The van der Waals surface area contributed by atoms with Gasteiger partial charge in [-0.05, 0) is 50.8 Å². The maximum atomic E-state index is 10.6. The molecule has 1 saturated carbocycles. The van der Waals surface area contributed by atoms with Gasteiger partial charge in [-0.15, -0.1) is 0 Å². The van der Waals surface area contributed by atoms with Crippen molar-refractivity contribution >= 4 is 28.8 Å². The Morgan fingerprint density at radius 2 is 1.97 bits per heavy atom. The van der Waals surface area contributed by atoms with E-state index in [0.29, 0.717) is 22.0 Å². The predicted molar refractivity (Wildman–Crippen MR) is 137 cm³/mol. The van der Waals surface area contributed by atoms with Crippen molar-refractivity contribution in [2.75, 3.05) is 19.6 Å². The van der Waals surface area contributed by atoms with Gasteiger partial charge >= 0.3 is 0 Å². The van der Waals surface area contributed by atoms with Crippen molar-refractivity contribution in [1.82, 2.24) is 24.2 Å². The Morgan fingerprint density at radius 3 is 2.71 bits per heavy atom. The highest BCUT2D eigenvalue weighted by molar-refractivity contribution is 6.36. The first kappa shape index (κ1) is 24.0. The summed E-state index contributed by atoms with van der Waals surface area (Å²) >= 11 is 12.8. The maximum absolute atomic E-state index is 10.6. The largest absolute Gasteiger partial charge is 0.378 e. The van der Waals surface area contributed by atoms with Crippen molar-refractivity contribution in [2.24, 2.45) is 0 Å². The quantitative estimate of drug-likeness (QED) is 0.456. The fraction of sp³-hybridized carbons (Fsp3) is 0.538. The van der Waals surface area contributed by atoms with E-state index < -0.39 is 0 Å². The van der Waals surface area contributed by atoms with Gasteiger partial charge in [-0.1, -0.05) is 36.5 Å². The number of hydrogen-bond acceptors (Lipinski definition) is 5. The van der Waals surface area contributed by atoms with E-state index in [1.807, 2.05) is 18.3 Å². The molecule has 34 heavy (non-hydrogen) atoms. The maximum Gasteiger partial charge on any atom is 0.156 e. The van der Waals surface area contributed by atoms with Gasteiger partial charge in [0.15, 0.2) is 5.65 Å². The zero-order valence-electron chi connectivity index (χ0n) is 19.9. The monoisotopic (exact) mass is 501 g/mol. The Hall–Kier alpha value is -1.70. The lowest BCUT2D eigenvalue weighted by atomic mass is 10.1. The van der Waals surface area contributed by atoms with Crippen molar-refractivity contribution in [2.45, 2.75) is 70.7 Å². The van der Waals surface area contributed by atoms with E-state index in [0.717, 1.165) is 73.7 Å². The van der Waals surface area contributed by atoms with Crippen LogP contribution in [0, 0.1) is 0 Å². The van der Waals surface area contributed by atoms with E-state index in [1.165, 1.54) is 12.8 Å². The molecular weight excluding hydrogens is 469 g/mol. The third-order valence-electron chi connectivity index (χ3n) is 7.26. The predicted octanol–water partition coefficient (Wildman–Crippen LogP) is 5.60. The molecule has 3 aromatic rings. The van der Waals surface area contributed by atoms with Crippen molar-refractivity contribution in [3.63, 3.8) is 0 Å². The Bertz CT molecular complexity index is 1160. The highest BCUT2D eigenvalue weighted by Gasteiger charge is 2.29. The summed E-state index contributed by atoms with van der Waals surface area (Å²) in [5, 5.41) is 11.8. The number of fused-ring (bicyclic) bond motifs is 1. The molecule has 5 rings (SSSR count). The number of aliphatic hydroxyl groups excluding tert-OH is 1. The van der Waals surface area contributed by atoms with Crippen molar-refractivity contribution in [1.29, 1.82) is 0 Å². The molecule has 8 heteroatoms. The first-order valence-corrected chi connectivity index (χ1v) is 13.2. The van der Waals surface area contributed by atoms with E-state index in [4.69, 9.17) is 33.2 Å². The number of benzene rings is 1. The van der Waals surface area contributed by atoms with E-state index in [2.05, 4.69) is 34.2 Å². The van der Waals surface area contributed by atoms with Crippen LogP contribution in [0.25, 0.3) is 16.9 Å². The van der Waals surface area contributed by atoms with Gasteiger partial charge in [-0.25, -0.2) is 4.98 Å². The lowest BCUT2D eigenvalue weighted by molar-refractivity contribution is -0.000214. The molecule has 2 atom stereocenters. The summed E-state index contributed by atoms with van der Waals surface area (Å²) in [6.07, 6.45) is 8.93. The molecule has 1 N–H and O–H groups in total. The lowest BCUT2D eigenvalue weighted by Crippen LogP contribution is -2.38. The molecule has 1 saturated heterocycles. The smallest absolute Gasteiger partial charge is 0.156 e. The summed E-state index contributed by atoms with van der Waals surface area (Å²) in [6.45, 7) is 7.82. The average molecular weight is 502 g/mol. The molecule has 2 unspecified atom stereocenters. The van der Waals surface area contributed by atoms with E-state index >= 15 is 0 Å². The number of hydrogen-bond donors (Lipinski definition) is 1. The van der Waals surface area contributed by atoms with Gasteiger partial charge in [-0.3, -0.25) is 19.2 Å². The number of aliphatic hydroxyl groups is 1. The third-order valence-corrected chi connectivity index (χ3v) is 7.81. The Labute approximate surface area is 211 Å². The fourth-order valence-electron chi connectivity index (χ4n) is 4.95. The van der Waals surface area contributed by atoms with Gasteiger partial charge in [0, 0.05) is 54.9 Å². The van der Waals surface area contributed by atoms with Crippen molar-refractivity contribution < 1.29 is 5.11 Å². The van der Waals surface area contributed by atoms with E-state index in [-0.39, 0.29) is 6.23 Å². The molecule has 0 radical (unpaired) electrons. The van der Waals surface area contributed by atoms with Crippen LogP contribution in [-0.4, -0.2) is 61.2 Å². The molecule has 182 valence electrons. The summed E-state index contributed by atoms with van der Waals surface area (Å²) in [4.78, 5) is 14.4. The minimum absolute atomic E-state index is 0.358. The zero-order chi connectivity index (χ0) is 23.8. The minimum Gasteiger partial charge on any atom is -0.378 e. The molecular formula is C26H33Cl2N5O. The van der Waals surface area contributed by atoms with Crippen molar-refractivity contribution in [3.8, 4) is 11.3 Å². The highest BCUT2D eigenvalue weighted by atomic mass is 35.5. The van der Waals surface area contributed by atoms with Crippen LogP contribution in [0.4, 0.5) is 0 Å². The fourth-order valence-corrected chi connectivity index (χ4v) is 5.44. The second kappa shape index (κ2) is 10.1. The van der Waals surface area contributed by atoms with Crippen LogP contribution in [-0.2, 0) is 6.54 Å². The number of imidazole rings is 1. The SMILES string of the molecule is CCCC(O)N1CCC(C)N(Cc2c(-c3ccc(Cl)cc3Cl)nc3cnc(C4CC4)cn23)CC1. The molecule has 1 aliphatic heterocycles. The Balaban J connectivity index is 1.51. The highest BCUT2D eigenvalue weighted by Crippen LogP contribution is 2.40. The first-order chi connectivity index (χ1) is 16.4. The van der Waals surface area contributed by atoms with Crippen LogP contribution in [0.3, 0.4) is 0 Å². The number of halogens is 2. The van der Waals surface area contributed by atoms with Crippen LogP contribution >= 0.6 is 23.2 Å². The van der Waals surface area contributed by atoms with Crippen LogP contribution in [0.5, 0.6) is 0 Å². The van der Waals surface area contributed by atoms with Gasteiger partial charge in [0.1, 0.15) is 6.23 Å². The van der Waals surface area contributed by atoms with Gasteiger partial charge in [0.25, 0.3) is 0 Å². The summed E-state index contributed by atoms with van der Waals surface area (Å²) < 4.78 is 2.21. The van der Waals surface area contributed by atoms with Crippen LogP contribution in [0.15, 0.2) is 30.6 Å². The van der Waals surface area contributed by atoms with Gasteiger partial charge in [0.2, 0.25) is 0 Å². The summed E-state index contributed by atoms with van der Waals surface area (Å²) in [6, 6.07) is 6.00. The molecule has 2 fully saturated rings. The molecule has 2 aromatic heterocycles. The molecule has 2 aliphatic rings. The molecule has 3 heterocycles. The zero-order valence-corrected chi connectivity index (χ0v) is 21.4. The lowest BCUT2D eigenvalue weighted by Gasteiger charge is -2.27. The first-order valence-electron chi connectivity index (χ1n) is 12.4. The molecule has 0 bridgehead atoms. The van der Waals surface area contributed by atoms with Gasteiger partial charge in [0.05, 0.1) is 28.3 Å². The topological polar surface area (TPSA) is 56.9 Å². The van der Waals surface area contributed by atoms with Crippen LogP contribution in [0.1, 0.15) is 63.3 Å². The Kier molecular flexibility index (Phi) is 7.14. The minimum atomic E-state index is -0.358. The molecule has 1 aromatic carbocycles. The second-order valence-electron chi connectivity index (χ2n) is 9.76. The summed E-state index contributed by atoms with van der Waals surface area (Å²) in [5.41, 5.74) is 4.87. The van der Waals surface area contributed by atoms with Gasteiger partial charge in [-0.2, -0.15) is 0 Å². The number of aromatic nitrogens is 3. The molecule has 0 amide bonds. The van der Waals surface area contributed by atoms with Crippen molar-refractivity contribution in [3.05, 3.63) is 52.0 Å². The second-order valence-corrected chi connectivity index (χ2v) is 10.6. The summed E-state index contributed by atoms with van der Waals surface area (Å²) in [7, 11) is 0. The average Bonchev–Trinajstić information content (AvgIpc) is 3.62. The molecule has 0 spiro atoms. The molecule has 1 aliphatic carbocycles. The van der Waals surface area contributed by atoms with Crippen LogP contribution in [0.2, 0.25) is 10.0 Å². The van der Waals surface area contributed by atoms with Gasteiger partial charge < -0.3 is 5.11 Å². The summed E-state index contributed by atoms with van der Waals surface area (Å²) in [5.74, 6) is 0.563. The Morgan fingerprint density at radius 1 is 1.15 bits per heavy atom. The third kappa shape index (κ3) is 4.98. The normalized spacial score (nSPS) is 21.1.